The summed E-state index contributed by atoms with van der Waals surface area (Å²) in [5.41, 5.74) is 1.89. The highest BCUT2D eigenvalue weighted by Crippen LogP contribution is 2.12. The van der Waals surface area contributed by atoms with E-state index in [2.05, 4.69) is 6.60 Å². The number of halogens is 2. The van der Waals surface area contributed by atoms with Gasteiger partial charge in [-0.25, -0.2) is 9.59 Å². The van der Waals surface area contributed by atoms with Crippen molar-refractivity contribution in [2.45, 2.75) is 6.61 Å². The third-order valence-corrected chi connectivity index (χ3v) is 3.89. The first-order valence-corrected chi connectivity index (χ1v) is 8.31. The second-order valence-electron chi connectivity index (χ2n) is 4.53. The lowest BCUT2D eigenvalue weighted by atomic mass is 10.2. The summed E-state index contributed by atoms with van der Waals surface area (Å²) in [5.74, 6) is 0. The largest absolute Gasteiger partial charge is 0.445 e. The van der Waals surface area contributed by atoms with E-state index in [1.54, 1.807) is 14.1 Å². The van der Waals surface area contributed by atoms with Gasteiger partial charge in [-0.2, -0.15) is 0 Å². The smallest absolute Gasteiger partial charge is 0.419 e. The van der Waals surface area contributed by atoms with Gasteiger partial charge in [0.1, 0.15) is 6.61 Å². The van der Waals surface area contributed by atoms with Crippen LogP contribution in [-0.4, -0.2) is 49.2 Å². The van der Waals surface area contributed by atoms with Crippen LogP contribution < -0.4 is 3.53 Å². The molecule has 0 unspecified atom stereocenters. The van der Waals surface area contributed by atoms with E-state index in [1.807, 2.05) is 47.1 Å². The lowest BCUT2D eigenvalue weighted by Gasteiger charge is -2.20. The van der Waals surface area contributed by atoms with Crippen molar-refractivity contribution < 1.29 is 17.4 Å². The Morgan fingerprint density at radius 1 is 1.09 bits per heavy atom. The maximum absolute atomic E-state index is 11.8. The molecule has 0 saturated heterocycles. The maximum Gasteiger partial charge on any atom is 0.419 e. The lowest BCUT2D eigenvalue weighted by Crippen LogP contribution is -2.37. The van der Waals surface area contributed by atoms with Crippen LogP contribution in [0.15, 0.2) is 24.3 Å². The van der Waals surface area contributed by atoms with Gasteiger partial charge < -0.3 is 21.1 Å². The highest BCUT2D eigenvalue weighted by Gasteiger charge is 2.14. The summed E-state index contributed by atoms with van der Waals surface area (Å²) in [5, 5.41) is 0. The molecule has 22 heavy (non-hydrogen) atoms. The molecule has 1 rings (SSSR count). The molecule has 9 heteroatoms. The second-order valence-corrected chi connectivity index (χ2v) is 5.51. The van der Waals surface area contributed by atoms with Gasteiger partial charge in [-0.15, -0.1) is 0 Å². The van der Waals surface area contributed by atoms with E-state index in [0.717, 1.165) is 11.3 Å². The summed E-state index contributed by atoms with van der Waals surface area (Å²) in [6.45, 7) is 0.929. The molecule has 0 saturated carbocycles. The van der Waals surface area contributed by atoms with Crippen LogP contribution in [0.4, 0.5) is 15.3 Å². The van der Waals surface area contributed by atoms with Gasteiger partial charge in [-0.05, 0) is 17.7 Å². The summed E-state index contributed by atoms with van der Waals surface area (Å²) in [7, 11) is 3.22. The molecule has 0 aliphatic heterocycles. The number of ether oxygens (including phenoxy) is 1. The lowest BCUT2D eigenvalue weighted by molar-refractivity contribution is 0.101. The van der Waals surface area contributed by atoms with Gasteiger partial charge in [-0.1, -0.05) is 12.1 Å². The third kappa shape index (κ3) is 6.42. The Kier molecular flexibility index (Phi) is 8.60. The molecule has 1 N–H and O–H groups in total. The van der Waals surface area contributed by atoms with Crippen molar-refractivity contribution in [1.29, 1.82) is 0 Å². The maximum atomic E-state index is 11.8. The van der Waals surface area contributed by atoms with E-state index in [9.17, 15) is 9.59 Å². The fraction of sp³-hybridized carbons (Fsp3) is 0.385. The van der Waals surface area contributed by atoms with Gasteiger partial charge in [0.2, 0.25) is 0 Å². The molecular weight excluding hydrogens is 516 g/mol. The number of carbonyl (C=O) groups excluding carboxylic acids is 2. The molecule has 0 radical (unpaired) electrons. The molecule has 0 fully saturated rings. The minimum absolute atomic E-state index is 0.205. The van der Waals surface area contributed by atoms with Gasteiger partial charge in [0, 0.05) is 32.9 Å². The van der Waals surface area contributed by atoms with Crippen LogP contribution in [0.5, 0.6) is 0 Å². The van der Waals surface area contributed by atoms with E-state index in [-0.39, 0.29) is 6.61 Å². The van der Waals surface area contributed by atoms with Crippen LogP contribution >= 0.6 is 45.9 Å². The van der Waals surface area contributed by atoms with Crippen molar-refractivity contribution in [3.05, 3.63) is 29.8 Å². The number of hydrogen-bond acceptors (Lipinski definition) is 5. The number of amides is 2. The predicted octanol–water partition coefficient (Wildman–Crippen LogP) is 3.44. The fourth-order valence-electron chi connectivity index (χ4n) is 1.46. The number of hydrogen-bond donors (Lipinski definition) is 1. The van der Waals surface area contributed by atoms with Crippen LogP contribution in [0.3, 0.4) is 0 Å². The Morgan fingerprint density at radius 3 is 2.14 bits per heavy atom. The van der Waals surface area contributed by atoms with E-state index in [4.69, 9.17) is 4.74 Å². The highest BCUT2D eigenvalue weighted by molar-refractivity contribution is 14.1. The van der Waals surface area contributed by atoms with Gasteiger partial charge in [-0.3, -0.25) is 0 Å². The Morgan fingerprint density at radius 2 is 1.64 bits per heavy atom. The standard InChI is InChI=1S/C13H17I2N3O4/c1-17(7-8-18(2)13(20)22-15)12(19)21-9-10-3-5-11(16-14)6-4-10/h3-6,16H,7-9H2,1-2H3. The zero-order valence-corrected chi connectivity index (χ0v) is 16.5. The SMILES string of the molecule is CN(CCN(C)C(=O)OCc1ccc(NI)cc1)C(=O)OI. The van der Waals surface area contributed by atoms with E-state index in [0.29, 0.717) is 13.1 Å². The minimum atomic E-state index is -0.452. The number of benzene rings is 1. The van der Waals surface area contributed by atoms with E-state index >= 15 is 0 Å². The fourth-order valence-corrected chi connectivity index (χ4v) is 2.16. The Hall–Kier alpha value is -0.980. The van der Waals surface area contributed by atoms with E-state index < -0.39 is 12.2 Å². The van der Waals surface area contributed by atoms with Crippen molar-refractivity contribution in [2.75, 3.05) is 30.7 Å². The van der Waals surface area contributed by atoms with Gasteiger partial charge in [0.15, 0.2) is 23.0 Å². The number of nitrogens with one attached hydrogen (secondary N) is 1. The number of carbonyl (C=O) groups is 2. The molecule has 0 atom stereocenters. The molecular formula is C13H17I2N3O4. The normalized spacial score (nSPS) is 9.82. The molecule has 0 bridgehead atoms. The Labute approximate surface area is 157 Å². The van der Waals surface area contributed by atoms with Gasteiger partial charge in [0.05, 0.1) is 22.9 Å². The molecule has 1 aromatic rings. The second kappa shape index (κ2) is 9.92. The molecule has 0 spiro atoms. The average Bonchev–Trinajstić information content (AvgIpc) is 2.56. The first kappa shape index (κ1) is 19.1. The molecule has 1 aromatic carbocycles. The Bertz CT molecular complexity index is 499. The Balaban J connectivity index is 2.35. The van der Waals surface area contributed by atoms with Gasteiger partial charge in [0.25, 0.3) is 0 Å². The third-order valence-electron chi connectivity index (χ3n) is 2.89. The first-order chi connectivity index (χ1) is 10.5. The molecule has 0 aliphatic carbocycles. The van der Waals surface area contributed by atoms with Gasteiger partial charge >= 0.3 is 12.2 Å². The quantitative estimate of drug-likeness (QED) is 0.449. The van der Waals surface area contributed by atoms with Crippen molar-refractivity contribution in [3.63, 3.8) is 0 Å². The van der Waals surface area contributed by atoms with E-state index in [1.165, 1.54) is 32.8 Å². The molecule has 2 amide bonds. The summed E-state index contributed by atoms with van der Waals surface area (Å²) in [4.78, 5) is 25.9. The van der Waals surface area contributed by atoms with Crippen molar-refractivity contribution >= 4 is 63.7 Å². The van der Waals surface area contributed by atoms with Crippen molar-refractivity contribution in [1.82, 2.24) is 9.80 Å². The van der Waals surface area contributed by atoms with Crippen LogP contribution in [-0.2, 0) is 14.4 Å². The minimum Gasteiger partial charge on any atom is -0.445 e. The van der Waals surface area contributed by atoms with Crippen molar-refractivity contribution in [3.8, 4) is 0 Å². The summed E-state index contributed by atoms with van der Waals surface area (Å²) >= 11 is 3.57. The molecule has 0 aromatic heterocycles. The monoisotopic (exact) mass is 533 g/mol. The van der Waals surface area contributed by atoms with Crippen LogP contribution in [0.1, 0.15) is 5.56 Å². The highest BCUT2D eigenvalue weighted by atomic mass is 127. The number of likely N-dealkylation sites (N-methyl/N-ethyl adjacent to an activating group) is 2. The summed E-state index contributed by atoms with van der Waals surface area (Å²) in [6, 6.07) is 7.59. The average molecular weight is 533 g/mol. The van der Waals surface area contributed by atoms with Crippen LogP contribution in [0.25, 0.3) is 0 Å². The predicted molar refractivity (Wildman–Crippen MR) is 100 cm³/mol. The molecule has 0 heterocycles. The number of anilines is 1. The summed E-state index contributed by atoms with van der Waals surface area (Å²) in [6.07, 6.45) is -0.890. The van der Waals surface area contributed by atoms with Crippen LogP contribution in [0.2, 0.25) is 0 Å². The molecule has 122 valence electrons. The topological polar surface area (TPSA) is 71.1 Å². The summed E-state index contributed by atoms with van der Waals surface area (Å²) < 4.78 is 12.7. The number of nitrogens with zero attached hydrogens (tertiary/aromatic N) is 2. The zero-order valence-electron chi connectivity index (χ0n) is 12.2. The molecule has 0 aliphatic rings. The van der Waals surface area contributed by atoms with Crippen molar-refractivity contribution in [2.24, 2.45) is 0 Å². The molecule has 7 nitrogen and oxygen atoms in total. The number of rotatable bonds is 6. The zero-order chi connectivity index (χ0) is 16.5. The first-order valence-electron chi connectivity index (χ1n) is 6.35. The van der Waals surface area contributed by atoms with Crippen LogP contribution in [0, 0.1) is 0 Å².